The number of nitrogens with one attached hydrogen (secondary N) is 1. The molecule has 20 heavy (non-hydrogen) atoms. The molecule has 1 aliphatic heterocycles. The van der Waals surface area contributed by atoms with Gasteiger partial charge in [-0.25, -0.2) is 9.97 Å². The molecule has 0 bridgehead atoms. The molecule has 0 spiro atoms. The Labute approximate surface area is 121 Å². The summed E-state index contributed by atoms with van der Waals surface area (Å²) in [4.78, 5) is 11.2. The van der Waals surface area contributed by atoms with E-state index in [9.17, 15) is 0 Å². The highest BCUT2D eigenvalue weighted by molar-refractivity contribution is 5.65. The fraction of sp³-hybridized carbons (Fsp3) is 0.733. The number of hydrogen-bond acceptors (Lipinski definition) is 5. The highest BCUT2D eigenvalue weighted by atomic mass is 16.5. The Morgan fingerprint density at radius 2 is 2.15 bits per heavy atom. The third-order valence-corrected chi connectivity index (χ3v) is 4.03. The minimum atomic E-state index is 0.503. The summed E-state index contributed by atoms with van der Waals surface area (Å²) in [5.74, 6) is 2.50. The van der Waals surface area contributed by atoms with Crippen molar-refractivity contribution in [3.8, 4) is 5.75 Å². The number of rotatable bonds is 6. The Bertz CT molecular complexity index is 438. The summed E-state index contributed by atoms with van der Waals surface area (Å²) in [6, 6.07) is 1.05. The van der Waals surface area contributed by atoms with Crippen molar-refractivity contribution in [2.24, 2.45) is 0 Å². The van der Waals surface area contributed by atoms with Gasteiger partial charge in [0.05, 0.1) is 7.11 Å². The first-order valence-corrected chi connectivity index (χ1v) is 7.64. The van der Waals surface area contributed by atoms with E-state index in [1.54, 1.807) is 13.4 Å². The summed E-state index contributed by atoms with van der Waals surface area (Å²) in [7, 11) is 1.70. The summed E-state index contributed by atoms with van der Waals surface area (Å²) >= 11 is 0. The van der Waals surface area contributed by atoms with Crippen LogP contribution in [0.2, 0.25) is 0 Å². The van der Waals surface area contributed by atoms with Gasteiger partial charge in [-0.1, -0.05) is 13.8 Å². The van der Waals surface area contributed by atoms with E-state index in [0.717, 1.165) is 36.8 Å². The van der Waals surface area contributed by atoms with Gasteiger partial charge in [-0.3, -0.25) is 0 Å². The van der Waals surface area contributed by atoms with Crippen molar-refractivity contribution in [1.82, 2.24) is 9.97 Å². The molecule has 1 saturated heterocycles. The maximum Gasteiger partial charge on any atom is 0.204 e. The molecular formula is C15H26N4O. The predicted molar refractivity (Wildman–Crippen MR) is 82.6 cm³/mol. The topological polar surface area (TPSA) is 50.3 Å². The van der Waals surface area contributed by atoms with Crippen LogP contribution in [0.5, 0.6) is 5.75 Å². The van der Waals surface area contributed by atoms with Crippen LogP contribution in [0.4, 0.5) is 11.6 Å². The lowest BCUT2D eigenvalue weighted by Gasteiger charge is -2.30. The fourth-order valence-corrected chi connectivity index (χ4v) is 2.96. The molecular weight excluding hydrogens is 252 g/mol. The van der Waals surface area contributed by atoms with Crippen molar-refractivity contribution < 1.29 is 4.74 Å². The molecule has 5 heteroatoms. The molecule has 2 heterocycles. The maximum absolute atomic E-state index is 5.60. The molecule has 1 N–H and O–H groups in total. The van der Waals surface area contributed by atoms with Gasteiger partial charge in [0.1, 0.15) is 6.33 Å². The molecule has 0 amide bonds. The number of anilines is 2. The first-order valence-electron chi connectivity index (χ1n) is 7.64. The van der Waals surface area contributed by atoms with Crippen LogP contribution in [-0.2, 0) is 0 Å². The van der Waals surface area contributed by atoms with Crippen molar-refractivity contribution >= 4 is 11.6 Å². The van der Waals surface area contributed by atoms with Crippen molar-refractivity contribution in [2.75, 3.05) is 23.9 Å². The Hall–Kier alpha value is -1.52. The average Bonchev–Trinajstić information content (AvgIpc) is 2.85. The molecule has 2 unspecified atom stereocenters. The van der Waals surface area contributed by atoms with Crippen molar-refractivity contribution in [3.05, 3.63) is 6.33 Å². The third-order valence-electron chi connectivity index (χ3n) is 4.03. The second-order valence-corrected chi connectivity index (χ2v) is 5.40. The quantitative estimate of drug-likeness (QED) is 0.866. The zero-order chi connectivity index (χ0) is 14.5. The second-order valence-electron chi connectivity index (χ2n) is 5.40. The SMILES string of the molecule is CCCNc1ncnc(N2C(C)CCC2CC)c1OC. The van der Waals surface area contributed by atoms with E-state index in [0.29, 0.717) is 12.1 Å². The summed E-state index contributed by atoms with van der Waals surface area (Å²) in [5, 5.41) is 3.32. The lowest BCUT2D eigenvalue weighted by atomic mass is 10.1. The van der Waals surface area contributed by atoms with E-state index >= 15 is 0 Å². The maximum atomic E-state index is 5.60. The molecule has 0 radical (unpaired) electrons. The van der Waals surface area contributed by atoms with Gasteiger partial charge in [0, 0.05) is 18.6 Å². The largest absolute Gasteiger partial charge is 0.490 e. The molecule has 2 atom stereocenters. The van der Waals surface area contributed by atoms with Crippen LogP contribution in [0, 0.1) is 0 Å². The Morgan fingerprint density at radius 3 is 2.80 bits per heavy atom. The van der Waals surface area contributed by atoms with E-state index in [2.05, 4.69) is 41.0 Å². The number of aromatic nitrogens is 2. The van der Waals surface area contributed by atoms with Crippen LogP contribution in [0.15, 0.2) is 6.33 Å². The van der Waals surface area contributed by atoms with Gasteiger partial charge in [-0.15, -0.1) is 0 Å². The van der Waals surface area contributed by atoms with E-state index in [4.69, 9.17) is 4.74 Å². The lowest BCUT2D eigenvalue weighted by Crippen LogP contribution is -2.35. The van der Waals surface area contributed by atoms with E-state index < -0.39 is 0 Å². The Morgan fingerprint density at radius 1 is 1.35 bits per heavy atom. The zero-order valence-corrected chi connectivity index (χ0v) is 13.0. The van der Waals surface area contributed by atoms with Gasteiger partial charge in [0.25, 0.3) is 0 Å². The highest BCUT2D eigenvalue weighted by Gasteiger charge is 2.33. The van der Waals surface area contributed by atoms with Gasteiger partial charge < -0.3 is 15.0 Å². The molecule has 112 valence electrons. The van der Waals surface area contributed by atoms with Gasteiger partial charge in [-0.2, -0.15) is 0 Å². The van der Waals surface area contributed by atoms with E-state index in [1.165, 1.54) is 12.8 Å². The molecule has 0 saturated carbocycles. The summed E-state index contributed by atoms with van der Waals surface area (Å²) in [6.45, 7) is 7.52. The van der Waals surface area contributed by atoms with Crippen molar-refractivity contribution in [2.45, 2.75) is 58.5 Å². The molecule has 5 nitrogen and oxygen atoms in total. The average molecular weight is 278 g/mol. The monoisotopic (exact) mass is 278 g/mol. The van der Waals surface area contributed by atoms with Crippen LogP contribution >= 0.6 is 0 Å². The van der Waals surface area contributed by atoms with Crippen molar-refractivity contribution in [1.29, 1.82) is 0 Å². The van der Waals surface area contributed by atoms with Crippen LogP contribution < -0.4 is 15.0 Å². The van der Waals surface area contributed by atoms with Gasteiger partial charge >= 0.3 is 0 Å². The molecule has 2 rings (SSSR count). The van der Waals surface area contributed by atoms with Crippen LogP contribution in [0.3, 0.4) is 0 Å². The minimum Gasteiger partial charge on any atom is -0.490 e. The molecule has 1 aromatic rings. The summed E-state index contributed by atoms with van der Waals surface area (Å²) < 4.78 is 5.60. The predicted octanol–water partition coefficient (Wildman–Crippen LogP) is 3.07. The smallest absolute Gasteiger partial charge is 0.204 e. The first kappa shape index (κ1) is 14.9. The third kappa shape index (κ3) is 2.81. The normalized spacial score (nSPS) is 22.1. The zero-order valence-electron chi connectivity index (χ0n) is 13.0. The Balaban J connectivity index is 2.34. The summed E-state index contributed by atoms with van der Waals surface area (Å²) in [5.41, 5.74) is 0. The first-order chi connectivity index (χ1) is 9.72. The van der Waals surface area contributed by atoms with E-state index in [-0.39, 0.29) is 0 Å². The lowest BCUT2D eigenvalue weighted by molar-refractivity contribution is 0.410. The van der Waals surface area contributed by atoms with E-state index in [1.807, 2.05) is 0 Å². The number of methoxy groups -OCH3 is 1. The van der Waals surface area contributed by atoms with Crippen LogP contribution in [-0.4, -0.2) is 35.7 Å². The minimum absolute atomic E-state index is 0.503. The number of nitrogens with zero attached hydrogens (tertiary/aromatic N) is 3. The number of hydrogen-bond donors (Lipinski definition) is 1. The molecule has 1 aromatic heterocycles. The molecule has 1 fully saturated rings. The Kier molecular flexibility index (Phi) is 5.04. The standard InChI is InChI=1S/C15H26N4O/c1-5-9-16-14-13(20-4)15(18-10-17-14)19-11(3)7-8-12(19)6-2/h10-12H,5-9H2,1-4H3,(H,16,17,18). The van der Waals surface area contributed by atoms with Gasteiger partial charge in [-0.05, 0) is 32.6 Å². The van der Waals surface area contributed by atoms with Gasteiger partial charge in [0.15, 0.2) is 11.6 Å². The van der Waals surface area contributed by atoms with Crippen LogP contribution in [0.1, 0.15) is 46.5 Å². The summed E-state index contributed by atoms with van der Waals surface area (Å²) in [6.07, 6.45) is 6.26. The highest BCUT2D eigenvalue weighted by Crippen LogP contribution is 2.38. The molecule has 1 aliphatic rings. The fourth-order valence-electron chi connectivity index (χ4n) is 2.96. The van der Waals surface area contributed by atoms with Gasteiger partial charge in [0.2, 0.25) is 5.75 Å². The molecule has 0 aromatic carbocycles. The molecule has 0 aliphatic carbocycles. The van der Waals surface area contributed by atoms with Crippen LogP contribution in [0.25, 0.3) is 0 Å². The van der Waals surface area contributed by atoms with Crippen molar-refractivity contribution in [3.63, 3.8) is 0 Å². The second kappa shape index (κ2) is 6.77. The number of ether oxygens (including phenoxy) is 1.